The van der Waals surface area contributed by atoms with Gasteiger partial charge in [-0.05, 0) is 41.8 Å². The lowest BCUT2D eigenvalue weighted by Gasteiger charge is -2.20. The minimum atomic E-state index is 0.561. The van der Waals surface area contributed by atoms with E-state index in [1.54, 1.807) is 0 Å². The Morgan fingerprint density at radius 3 is 3.08 bits per heavy atom. The lowest BCUT2D eigenvalue weighted by atomic mass is 10.1. The summed E-state index contributed by atoms with van der Waals surface area (Å²) in [4.78, 5) is 5.60. The normalized spacial score (nSPS) is 17.4. The van der Waals surface area contributed by atoms with Crippen molar-refractivity contribution >= 4 is 16.9 Å². The van der Waals surface area contributed by atoms with Crippen LogP contribution in [0.3, 0.4) is 0 Å². The second-order valence-corrected chi connectivity index (χ2v) is 6.84. The van der Waals surface area contributed by atoms with Crippen LogP contribution < -0.4 is 4.90 Å². The number of aromatic amines is 1. The molecule has 0 spiro atoms. The second-order valence-electron chi connectivity index (χ2n) is 6.84. The zero-order valence-corrected chi connectivity index (χ0v) is 14.8. The van der Waals surface area contributed by atoms with Crippen LogP contribution in [0.2, 0.25) is 0 Å². The lowest BCUT2D eigenvalue weighted by Crippen LogP contribution is -2.28. The summed E-state index contributed by atoms with van der Waals surface area (Å²) in [6, 6.07) is 8.43. The van der Waals surface area contributed by atoms with E-state index in [0.717, 1.165) is 45.1 Å². The SMILES string of the molecule is Cc1[nH]c2ccccc2c1CCn1nnnc1N(C)C[C@H]1CCOC1. The molecule has 0 unspecified atom stereocenters. The molecule has 3 heterocycles. The Bertz CT molecular complexity index is 848. The van der Waals surface area contributed by atoms with Crippen molar-refractivity contribution < 1.29 is 4.74 Å². The number of nitrogens with one attached hydrogen (secondary N) is 1. The largest absolute Gasteiger partial charge is 0.381 e. The van der Waals surface area contributed by atoms with Crippen molar-refractivity contribution in [3.05, 3.63) is 35.5 Å². The van der Waals surface area contributed by atoms with Crippen LogP contribution in [0.5, 0.6) is 0 Å². The Morgan fingerprint density at radius 2 is 2.24 bits per heavy atom. The van der Waals surface area contributed by atoms with Gasteiger partial charge in [0.1, 0.15) is 0 Å². The summed E-state index contributed by atoms with van der Waals surface area (Å²) in [5.74, 6) is 1.38. The number of benzene rings is 1. The summed E-state index contributed by atoms with van der Waals surface area (Å²) in [7, 11) is 2.05. The van der Waals surface area contributed by atoms with E-state index in [1.165, 1.54) is 22.2 Å². The van der Waals surface area contributed by atoms with Gasteiger partial charge in [-0.2, -0.15) is 0 Å². The number of H-pyrrole nitrogens is 1. The molecule has 1 atom stereocenters. The first-order valence-electron chi connectivity index (χ1n) is 8.83. The van der Waals surface area contributed by atoms with Crippen molar-refractivity contribution in [3.63, 3.8) is 0 Å². The van der Waals surface area contributed by atoms with E-state index in [2.05, 4.69) is 63.6 Å². The molecule has 25 heavy (non-hydrogen) atoms. The van der Waals surface area contributed by atoms with Crippen LogP contribution in [0.4, 0.5) is 5.95 Å². The van der Waals surface area contributed by atoms with Crippen molar-refractivity contribution in [2.45, 2.75) is 26.3 Å². The molecular formula is C18H24N6O. The molecular weight excluding hydrogens is 316 g/mol. The van der Waals surface area contributed by atoms with Crippen LogP contribution in [0, 0.1) is 12.8 Å². The smallest absolute Gasteiger partial charge is 0.245 e. The van der Waals surface area contributed by atoms with Crippen molar-refractivity contribution in [2.75, 3.05) is 31.7 Å². The summed E-state index contributed by atoms with van der Waals surface area (Å²) in [6.45, 7) is 5.51. The highest BCUT2D eigenvalue weighted by Gasteiger charge is 2.20. The molecule has 0 bridgehead atoms. The molecule has 0 radical (unpaired) electrons. The number of hydrogen-bond donors (Lipinski definition) is 1. The van der Waals surface area contributed by atoms with Gasteiger partial charge in [0, 0.05) is 42.7 Å². The Hall–Kier alpha value is -2.41. The topological polar surface area (TPSA) is 71.9 Å². The van der Waals surface area contributed by atoms with E-state index in [1.807, 2.05) is 4.68 Å². The fraction of sp³-hybridized carbons (Fsp3) is 0.500. The number of tetrazole rings is 1. The molecule has 0 saturated carbocycles. The summed E-state index contributed by atoms with van der Waals surface area (Å²) < 4.78 is 7.37. The Morgan fingerprint density at radius 1 is 1.36 bits per heavy atom. The highest BCUT2D eigenvalue weighted by Crippen LogP contribution is 2.23. The van der Waals surface area contributed by atoms with Gasteiger partial charge in [-0.3, -0.25) is 0 Å². The maximum atomic E-state index is 5.47. The van der Waals surface area contributed by atoms with Gasteiger partial charge in [-0.15, -0.1) is 0 Å². The third-order valence-electron chi connectivity index (χ3n) is 5.01. The van der Waals surface area contributed by atoms with Gasteiger partial charge < -0.3 is 14.6 Å². The first kappa shape index (κ1) is 16.1. The molecule has 3 aromatic rings. The van der Waals surface area contributed by atoms with Gasteiger partial charge >= 0.3 is 0 Å². The second kappa shape index (κ2) is 6.84. The minimum absolute atomic E-state index is 0.561. The van der Waals surface area contributed by atoms with Gasteiger partial charge in [0.05, 0.1) is 13.2 Å². The summed E-state index contributed by atoms with van der Waals surface area (Å²) in [6.07, 6.45) is 2.01. The van der Waals surface area contributed by atoms with Gasteiger partial charge in [0.25, 0.3) is 0 Å². The molecule has 0 aliphatic carbocycles. The summed E-state index contributed by atoms with van der Waals surface area (Å²) >= 11 is 0. The molecule has 1 aliphatic heterocycles. The molecule has 1 aliphatic rings. The van der Waals surface area contributed by atoms with Crippen LogP contribution in [-0.2, 0) is 17.7 Å². The predicted molar refractivity (Wildman–Crippen MR) is 96.8 cm³/mol. The number of aryl methyl sites for hydroxylation is 3. The first-order valence-corrected chi connectivity index (χ1v) is 8.83. The van der Waals surface area contributed by atoms with E-state index in [4.69, 9.17) is 4.74 Å². The van der Waals surface area contributed by atoms with Crippen molar-refractivity contribution in [1.29, 1.82) is 0 Å². The van der Waals surface area contributed by atoms with Crippen molar-refractivity contribution in [2.24, 2.45) is 5.92 Å². The van der Waals surface area contributed by atoms with Crippen molar-refractivity contribution in [1.82, 2.24) is 25.2 Å². The summed E-state index contributed by atoms with van der Waals surface area (Å²) in [5.41, 5.74) is 3.74. The number of anilines is 1. The number of fused-ring (bicyclic) bond motifs is 1. The molecule has 2 aromatic heterocycles. The number of ether oxygens (including phenoxy) is 1. The minimum Gasteiger partial charge on any atom is -0.381 e. The van der Waals surface area contributed by atoms with Crippen LogP contribution in [0.25, 0.3) is 10.9 Å². The highest BCUT2D eigenvalue weighted by molar-refractivity contribution is 5.84. The zero-order valence-electron chi connectivity index (χ0n) is 14.8. The summed E-state index contributed by atoms with van der Waals surface area (Å²) in [5, 5.41) is 13.6. The average molecular weight is 340 g/mol. The Balaban J connectivity index is 1.48. The van der Waals surface area contributed by atoms with E-state index in [0.29, 0.717) is 5.92 Å². The van der Waals surface area contributed by atoms with E-state index in [9.17, 15) is 0 Å². The molecule has 1 aromatic carbocycles. The molecule has 1 fully saturated rings. The standard InChI is InChI=1S/C18H24N6O/c1-13-15(16-5-3-4-6-17(16)19-13)7-9-24-18(20-21-22-24)23(2)11-14-8-10-25-12-14/h3-6,14,19H,7-12H2,1-2H3/t14-/m1/s1. The molecule has 1 saturated heterocycles. The number of aromatic nitrogens is 5. The van der Waals surface area contributed by atoms with Crippen molar-refractivity contribution in [3.8, 4) is 0 Å². The van der Waals surface area contributed by atoms with Gasteiger partial charge in [-0.1, -0.05) is 23.3 Å². The molecule has 4 rings (SSSR count). The van der Waals surface area contributed by atoms with Crippen LogP contribution in [0.15, 0.2) is 24.3 Å². The maximum Gasteiger partial charge on any atom is 0.245 e. The maximum absolute atomic E-state index is 5.47. The number of rotatable bonds is 6. The van der Waals surface area contributed by atoms with E-state index < -0.39 is 0 Å². The Kier molecular flexibility index (Phi) is 4.40. The lowest BCUT2D eigenvalue weighted by molar-refractivity contribution is 0.186. The number of para-hydroxylation sites is 1. The quantitative estimate of drug-likeness (QED) is 0.745. The third-order valence-corrected chi connectivity index (χ3v) is 5.01. The highest BCUT2D eigenvalue weighted by atomic mass is 16.5. The molecule has 7 nitrogen and oxygen atoms in total. The Labute approximate surface area is 147 Å². The number of hydrogen-bond acceptors (Lipinski definition) is 5. The van der Waals surface area contributed by atoms with Gasteiger partial charge in [-0.25, -0.2) is 4.68 Å². The molecule has 132 valence electrons. The van der Waals surface area contributed by atoms with Crippen LogP contribution >= 0.6 is 0 Å². The molecule has 1 N–H and O–H groups in total. The van der Waals surface area contributed by atoms with Gasteiger partial charge in [0.2, 0.25) is 5.95 Å². The fourth-order valence-electron chi connectivity index (χ4n) is 3.69. The molecule has 0 amide bonds. The van der Waals surface area contributed by atoms with Gasteiger partial charge in [0.15, 0.2) is 0 Å². The third kappa shape index (κ3) is 3.24. The zero-order chi connectivity index (χ0) is 17.2. The first-order chi connectivity index (χ1) is 12.2. The fourth-order valence-corrected chi connectivity index (χ4v) is 3.69. The average Bonchev–Trinajstić information content (AvgIpc) is 3.32. The van der Waals surface area contributed by atoms with E-state index in [-0.39, 0.29) is 0 Å². The monoisotopic (exact) mass is 340 g/mol. The predicted octanol–water partition coefficient (Wildman–Crippen LogP) is 2.18. The molecule has 7 heteroatoms. The van der Waals surface area contributed by atoms with Crippen LogP contribution in [0.1, 0.15) is 17.7 Å². The van der Waals surface area contributed by atoms with E-state index >= 15 is 0 Å². The van der Waals surface area contributed by atoms with Crippen LogP contribution in [-0.4, -0.2) is 52.0 Å². The number of nitrogens with zero attached hydrogens (tertiary/aromatic N) is 5.